The molecule has 0 amide bonds. The van der Waals surface area contributed by atoms with E-state index in [4.69, 9.17) is 10.4 Å². The predicted octanol–water partition coefficient (Wildman–Crippen LogP) is 1.50. The molecule has 0 spiro atoms. The van der Waals surface area contributed by atoms with Gasteiger partial charge in [0, 0.05) is 6.92 Å². The second kappa shape index (κ2) is 10.3. The third-order valence-electron chi connectivity index (χ3n) is 1.11. The lowest BCUT2D eigenvalue weighted by molar-refractivity contribution is -0.140. The van der Waals surface area contributed by atoms with E-state index in [9.17, 15) is 9.59 Å². The maximum atomic E-state index is 10.0. The summed E-state index contributed by atoms with van der Waals surface area (Å²) in [5.41, 5.74) is -0.183. The number of nitriles is 1. The summed E-state index contributed by atoms with van der Waals surface area (Å²) in [5.74, 6) is -1.36. The molecule has 15 heavy (non-hydrogen) atoms. The van der Waals surface area contributed by atoms with Crippen LogP contribution >= 0.6 is 0 Å². The molecule has 0 aromatic rings. The molecule has 0 aromatic heterocycles. The minimum Gasteiger partial charge on any atom is -0.477 e. The van der Waals surface area contributed by atoms with Gasteiger partial charge in [0.1, 0.15) is 11.6 Å². The number of esters is 1. The molecule has 0 bridgehead atoms. The van der Waals surface area contributed by atoms with E-state index in [1.807, 2.05) is 0 Å². The monoisotopic (exact) mass is 213 g/mol. The number of rotatable bonds is 3. The highest BCUT2D eigenvalue weighted by molar-refractivity contribution is 5.90. The number of carbonyl (C=O) groups excluding carboxylic acids is 1. The summed E-state index contributed by atoms with van der Waals surface area (Å²) in [6.07, 6.45) is 1.96. The Morgan fingerprint density at radius 3 is 2.07 bits per heavy atom. The first-order valence-corrected chi connectivity index (χ1v) is 4.46. The number of carboxylic acid groups (broad SMARTS) is 1. The Balaban J connectivity index is 0. The highest BCUT2D eigenvalue weighted by Crippen LogP contribution is 1.93. The number of carbonyl (C=O) groups is 2. The highest BCUT2D eigenvalue weighted by atomic mass is 16.5. The molecule has 0 saturated carbocycles. The summed E-state index contributed by atoms with van der Waals surface area (Å²) in [4.78, 5) is 19.9. The molecular weight excluding hydrogens is 198 g/mol. The van der Waals surface area contributed by atoms with Crippen LogP contribution in [0.2, 0.25) is 0 Å². The number of allylic oxidation sites excluding steroid dienone is 1. The maximum Gasteiger partial charge on any atom is 0.346 e. The molecular formula is C10H15NO4. The van der Waals surface area contributed by atoms with Crippen LogP contribution in [0.4, 0.5) is 0 Å². The van der Waals surface area contributed by atoms with Crippen LogP contribution in [-0.2, 0) is 14.3 Å². The number of ether oxygens (including phenoxy) is 1. The van der Waals surface area contributed by atoms with Crippen molar-refractivity contribution in [1.82, 2.24) is 0 Å². The number of hydrogen-bond donors (Lipinski definition) is 1. The summed E-state index contributed by atoms with van der Waals surface area (Å²) in [6.45, 7) is 5.43. The maximum absolute atomic E-state index is 10.0. The van der Waals surface area contributed by atoms with Crippen molar-refractivity contribution in [3.8, 4) is 6.07 Å². The standard InChI is InChI=1S/C6H7NO2.C4H8O2/c1-2-3-5(4-7)6(8)9;1-3-6-4(2)5/h3H,2H2,1H3,(H,8,9);3H2,1-2H3. The Bertz CT molecular complexity index is 276. The van der Waals surface area contributed by atoms with Gasteiger partial charge in [-0.3, -0.25) is 4.79 Å². The summed E-state index contributed by atoms with van der Waals surface area (Å²) >= 11 is 0. The lowest BCUT2D eigenvalue weighted by Crippen LogP contribution is -1.96. The van der Waals surface area contributed by atoms with Crippen molar-refractivity contribution in [1.29, 1.82) is 5.26 Å². The first-order chi connectivity index (χ1) is 6.99. The van der Waals surface area contributed by atoms with Gasteiger partial charge in [-0.25, -0.2) is 4.79 Å². The fourth-order valence-corrected chi connectivity index (χ4v) is 0.588. The third-order valence-corrected chi connectivity index (χ3v) is 1.11. The minimum absolute atomic E-state index is 0.183. The average Bonchev–Trinajstić information content (AvgIpc) is 2.14. The fourth-order valence-electron chi connectivity index (χ4n) is 0.588. The Morgan fingerprint density at radius 1 is 1.47 bits per heavy atom. The van der Waals surface area contributed by atoms with Gasteiger partial charge in [-0.05, 0) is 13.3 Å². The molecule has 84 valence electrons. The molecule has 0 aliphatic carbocycles. The van der Waals surface area contributed by atoms with Crippen molar-refractivity contribution in [2.45, 2.75) is 27.2 Å². The van der Waals surface area contributed by atoms with Crippen LogP contribution in [0.3, 0.4) is 0 Å². The third kappa shape index (κ3) is 12.2. The van der Waals surface area contributed by atoms with Crippen LogP contribution in [0.1, 0.15) is 27.2 Å². The summed E-state index contributed by atoms with van der Waals surface area (Å²) in [5, 5.41) is 16.3. The van der Waals surface area contributed by atoms with Crippen LogP contribution in [-0.4, -0.2) is 23.7 Å². The molecule has 5 heteroatoms. The van der Waals surface area contributed by atoms with Crippen LogP contribution in [0.15, 0.2) is 11.6 Å². The van der Waals surface area contributed by atoms with Gasteiger partial charge in [0.25, 0.3) is 0 Å². The summed E-state index contributed by atoms with van der Waals surface area (Å²) in [7, 11) is 0. The molecule has 0 rings (SSSR count). The van der Waals surface area contributed by atoms with Gasteiger partial charge in [0.2, 0.25) is 0 Å². The summed E-state index contributed by atoms with van der Waals surface area (Å²) in [6, 6.07) is 1.56. The number of aliphatic carboxylic acids is 1. The van der Waals surface area contributed by atoms with E-state index in [2.05, 4.69) is 4.74 Å². The molecule has 0 radical (unpaired) electrons. The van der Waals surface area contributed by atoms with E-state index in [-0.39, 0.29) is 11.5 Å². The number of nitrogens with zero attached hydrogens (tertiary/aromatic N) is 1. The SMILES string of the molecule is CCC=C(C#N)C(=O)O.CCOC(C)=O. The number of hydrogen-bond acceptors (Lipinski definition) is 4. The van der Waals surface area contributed by atoms with E-state index < -0.39 is 5.97 Å². The van der Waals surface area contributed by atoms with Gasteiger partial charge in [0.05, 0.1) is 6.61 Å². The van der Waals surface area contributed by atoms with Gasteiger partial charge < -0.3 is 9.84 Å². The molecule has 0 atom stereocenters. The van der Waals surface area contributed by atoms with Crippen LogP contribution in [0.5, 0.6) is 0 Å². The van der Waals surface area contributed by atoms with Crippen molar-refractivity contribution in [3.63, 3.8) is 0 Å². The van der Waals surface area contributed by atoms with Crippen molar-refractivity contribution in [2.75, 3.05) is 6.61 Å². The zero-order valence-corrected chi connectivity index (χ0v) is 9.11. The second-order valence-electron chi connectivity index (χ2n) is 2.37. The van der Waals surface area contributed by atoms with E-state index in [0.717, 1.165) is 0 Å². The van der Waals surface area contributed by atoms with Gasteiger partial charge in [-0.1, -0.05) is 13.0 Å². The molecule has 1 N–H and O–H groups in total. The molecule has 0 aliphatic rings. The van der Waals surface area contributed by atoms with Gasteiger partial charge >= 0.3 is 11.9 Å². The first kappa shape index (κ1) is 15.6. The van der Waals surface area contributed by atoms with Crippen molar-refractivity contribution in [3.05, 3.63) is 11.6 Å². The Labute approximate surface area is 89.0 Å². The summed E-state index contributed by atoms with van der Waals surface area (Å²) < 4.78 is 4.40. The van der Waals surface area contributed by atoms with Crippen molar-refractivity contribution in [2.24, 2.45) is 0 Å². The quantitative estimate of drug-likeness (QED) is 0.436. The smallest absolute Gasteiger partial charge is 0.346 e. The lowest BCUT2D eigenvalue weighted by Gasteiger charge is -1.89. The fraction of sp³-hybridized carbons (Fsp3) is 0.500. The lowest BCUT2D eigenvalue weighted by atomic mass is 10.2. The van der Waals surface area contributed by atoms with Crippen molar-refractivity contribution >= 4 is 11.9 Å². The van der Waals surface area contributed by atoms with E-state index in [0.29, 0.717) is 13.0 Å². The zero-order chi connectivity index (χ0) is 12.3. The molecule has 0 aromatic carbocycles. The molecule has 0 heterocycles. The largest absolute Gasteiger partial charge is 0.477 e. The van der Waals surface area contributed by atoms with E-state index in [1.54, 1.807) is 19.9 Å². The minimum atomic E-state index is -1.15. The molecule has 0 fully saturated rings. The Kier molecular flexibility index (Phi) is 10.7. The molecule has 0 unspecified atom stereocenters. The van der Waals surface area contributed by atoms with Crippen LogP contribution in [0, 0.1) is 11.3 Å². The van der Waals surface area contributed by atoms with Crippen LogP contribution < -0.4 is 0 Å². The predicted molar refractivity (Wildman–Crippen MR) is 53.9 cm³/mol. The van der Waals surface area contributed by atoms with Gasteiger partial charge in [-0.2, -0.15) is 5.26 Å². The normalized spacial score (nSPS) is 9.33. The first-order valence-electron chi connectivity index (χ1n) is 4.46. The van der Waals surface area contributed by atoms with Crippen molar-refractivity contribution < 1.29 is 19.4 Å². The Morgan fingerprint density at radius 2 is 2.00 bits per heavy atom. The molecule has 0 aliphatic heterocycles. The second-order valence-corrected chi connectivity index (χ2v) is 2.37. The van der Waals surface area contributed by atoms with Gasteiger partial charge in [0.15, 0.2) is 0 Å². The number of carboxylic acids is 1. The Hall–Kier alpha value is -1.83. The molecule has 5 nitrogen and oxygen atoms in total. The van der Waals surface area contributed by atoms with E-state index in [1.165, 1.54) is 13.0 Å². The van der Waals surface area contributed by atoms with Gasteiger partial charge in [-0.15, -0.1) is 0 Å². The molecule has 0 saturated heterocycles. The van der Waals surface area contributed by atoms with Crippen LogP contribution in [0.25, 0.3) is 0 Å². The highest BCUT2D eigenvalue weighted by Gasteiger charge is 2.02. The topological polar surface area (TPSA) is 87.4 Å². The van der Waals surface area contributed by atoms with E-state index >= 15 is 0 Å². The average molecular weight is 213 g/mol. The zero-order valence-electron chi connectivity index (χ0n) is 9.11.